The summed E-state index contributed by atoms with van der Waals surface area (Å²) in [6.45, 7) is 7.77. The van der Waals surface area contributed by atoms with Crippen LogP contribution in [-0.4, -0.2) is 30.4 Å². The van der Waals surface area contributed by atoms with Crippen molar-refractivity contribution in [1.29, 1.82) is 0 Å². The van der Waals surface area contributed by atoms with Crippen LogP contribution in [0.1, 0.15) is 76.0 Å². The topological polar surface area (TPSA) is 32.3 Å². The molecule has 0 aromatic heterocycles. The monoisotopic (exact) mass is 380 g/mol. The highest BCUT2D eigenvalue weighted by molar-refractivity contribution is 5.78. The van der Waals surface area contributed by atoms with Gasteiger partial charge in [-0.25, -0.2) is 0 Å². The summed E-state index contributed by atoms with van der Waals surface area (Å²) in [4.78, 5) is 15.1. The number of rotatable bonds is 4. The Morgan fingerprint density at radius 2 is 1.96 bits per heavy atom. The van der Waals surface area contributed by atoms with Crippen LogP contribution >= 0.6 is 0 Å². The summed E-state index contributed by atoms with van der Waals surface area (Å²) < 4.78 is 0. The summed E-state index contributed by atoms with van der Waals surface area (Å²) in [5.41, 5.74) is 3.16. The average Bonchev–Trinajstić information content (AvgIpc) is 3.39. The molecule has 4 atom stereocenters. The molecular weight excluding hydrogens is 344 g/mol. The molecule has 3 heteroatoms. The van der Waals surface area contributed by atoms with Gasteiger partial charge in [-0.1, -0.05) is 44.5 Å². The van der Waals surface area contributed by atoms with Gasteiger partial charge in [-0.05, 0) is 80.5 Å². The second-order valence-corrected chi connectivity index (χ2v) is 10.5. The number of benzene rings is 1. The first-order valence-electron chi connectivity index (χ1n) is 11.7. The molecule has 0 radical (unpaired) electrons. The van der Waals surface area contributed by atoms with Crippen LogP contribution in [0.5, 0.6) is 0 Å². The van der Waals surface area contributed by atoms with E-state index in [1.807, 2.05) is 13.8 Å². The van der Waals surface area contributed by atoms with Gasteiger partial charge in [0.25, 0.3) is 0 Å². The van der Waals surface area contributed by atoms with Gasteiger partial charge in [0, 0.05) is 17.9 Å². The molecule has 2 bridgehead atoms. The Morgan fingerprint density at radius 3 is 2.64 bits per heavy atom. The second kappa shape index (κ2) is 7.16. The largest absolute Gasteiger partial charge is 0.349 e. The van der Waals surface area contributed by atoms with Gasteiger partial charge in [-0.2, -0.15) is 0 Å². The molecule has 3 aliphatic carbocycles. The minimum atomic E-state index is 0.0484. The van der Waals surface area contributed by atoms with Crippen LogP contribution in [0.3, 0.4) is 0 Å². The molecule has 152 valence electrons. The Bertz CT molecular complexity index is 734. The summed E-state index contributed by atoms with van der Waals surface area (Å²) in [6, 6.07) is 9.11. The molecule has 1 aliphatic heterocycles. The molecule has 1 aromatic carbocycles. The average molecular weight is 381 g/mol. The number of piperidine rings is 1. The van der Waals surface area contributed by atoms with Crippen molar-refractivity contribution < 1.29 is 4.79 Å². The van der Waals surface area contributed by atoms with Gasteiger partial charge in [0.2, 0.25) is 5.91 Å². The van der Waals surface area contributed by atoms with E-state index in [9.17, 15) is 4.79 Å². The van der Waals surface area contributed by atoms with Crippen LogP contribution < -0.4 is 5.32 Å². The zero-order valence-corrected chi connectivity index (χ0v) is 17.6. The summed E-state index contributed by atoms with van der Waals surface area (Å²) in [5, 5.41) is 3.34. The van der Waals surface area contributed by atoms with Crippen molar-refractivity contribution in [2.24, 2.45) is 23.7 Å². The first kappa shape index (κ1) is 18.7. The first-order chi connectivity index (χ1) is 13.5. The molecule has 28 heavy (non-hydrogen) atoms. The van der Waals surface area contributed by atoms with Crippen LogP contribution in [0, 0.1) is 23.7 Å². The van der Waals surface area contributed by atoms with Crippen LogP contribution in [0.2, 0.25) is 0 Å². The van der Waals surface area contributed by atoms with E-state index in [2.05, 4.69) is 34.5 Å². The summed E-state index contributed by atoms with van der Waals surface area (Å²) in [5.74, 6) is 3.29. The molecule has 1 N–H and O–H groups in total. The third-order valence-corrected chi connectivity index (χ3v) is 8.53. The Labute approximate surface area is 170 Å². The summed E-state index contributed by atoms with van der Waals surface area (Å²) >= 11 is 0. The molecular formula is C25H36N2O. The lowest BCUT2D eigenvalue weighted by Crippen LogP contribution is -2.44. The van der Waals surface area contributed by atoms with Crippen LogP contribution in [0.25, 0.3) is 0 Å². The fraction of sp³-hybridized carbons (Fsp3) is 0.720. The van der Waals surface area contributed by atoms with Gasteiger partial charge in [-0.3, -0.25) is 4.79 Å². The normalized spacial score (nSPS) is 33.5. The zero-order chi connectivity index (χ0) is 19.3. The number of carbonyl (C=O) groups is 1. The SMILES string of the molecule is CC(C)C(=O)N[C@H]1CC2(CCN(C[C@H]3C[C@H]4CC[C@H]3C4)CC2)c2ccccc21. The highest BCUT2D eigenvalue weighted by atomic mass is 16.1. The maximum absolute atomic E-state index is 12.4. The maximum Gasteiger partial charge on any atom is 0.223 e. The van der Waals surface area contributed by atoms with E-state index >= 15 is 0 Å². The second-order valence-electron chi connectivity index (χ2n) is 10.5. The van der Waals surface area contributed by atoms with E-state index < -0.39 is 0 Å². The minimum absolute atomic E-state index is 0.0484. The smallest absolute Gasteiger partial charge is 0.223 e. The van der Waals surface area contributed by atoms with Gasteiger partial charge in [-0.15, -0.1) is 0 Å². The van der Waals surface area contributed by atoms with Gasteiger partial charge >= 0.3 is 0 Å². The molecule has 1 spiro atoms. The third-order valence-electron chi connectivity index (χ3n) is 8.53. The fourth-order valence-electron chi connectivity index (χ4n) is 6.93. The van der Waals surface area contributed by atoms with Crippen LogP contribution in [0.4, 0.5) is 0 Å². The number of nitrogens with one attached hydrogen (secondary N) is 1. The molecule has 1 heterocycles. The number of carbonyl (C=O) groups excluding carboxylic acids is 1. The zero-order valence-electron chi connectivity index (χ0n) is 17.6. The quantitative estimate of drug-likeness (QED) is 0.823. The van der Waals surface area contributed by atoms with Crippen molar-refractivity contribution in [2.45, 2.75) is 70.3 Å². The molecule has 3 fully saturated rings. The predicted octanol–water partition coefficient (Wildman–Crippen LogP) is 4.67. The lowest BCUT2D eigenvalue weighted by molar-refractivity contribution is -0.124. The Hall–Kier alpha value is -1.35. The van der Waals surface area contributed by atoms with Gasteiger partial charge in [0.15, 0.2) is 0 Å². The number of amides is 1. The molecule has 2 saturated carbocycles. The third kappa shape index (κ3) is 3.20. The molecule has 1 amide bonds. The van der Waals surface area contributed by atoms with E-state index in [1.54, 1.807) is 0 Å². The molecule has 3 nitrogen and oxygen atoms in total. The number of hydrogen-bond donors (Lipinski definition) is 1. The predicted molar refractivity (Wildman–Crippen MR) is 113 cm³/mol. The molecule has 0 unspecified atom stereocenters. The summed E-state index contributed by atoms with van der Waals surface area (Å²) in [6.07, 6.45) is 9.61. The Balaban J connectivity index is 1.26. The maximum atomic E-state index is 12.4. The van der Waals surface area contributed by atoms with E-state index in [0.29, 0.717) is 0 Å². The first-order valence-corrected chi connectivity index (χ1v) is 11.7. The Kier molecular flexibility index (Phi) is 4.77. The van der Waals surface area contributed by atoms with Crippen LogP contribution in [-0.2, 0) is 10.2 Å². The summed E-state index contributed by atoms with van der Waals surface area (Å²) in [7, 11) is 0. The van der Waals surface area contributed by atoms with Crippen molar-refractivity contribution >= 4 is 5.91 Å². The number of likely N-dealkylation sites (tertiary alicyclic amines) is 1. The van der Waals surface area contributed by atoms with Crippen molar-refractivity contribution in [3.05, 3.63) is 35.4 Å². The Morgan fingerprint density at radius 1 is 1.18 bits per heavy atom. The van der Waals surface area contributed by atoms with E-state index in [1.165, 1.54) is 69.3 Å². The van der Waals surface area contributed by atoms with Crippen molar-refractivity contribution in [3.63, 3.8) is 0 Å². The lowest BCUT2D eigenvalue weighted by atomic mass is 9.73. The number of nitrogens with zero attached hydrogens (tertiary/aromatic N) is 1. The highest BCUT2D eigenvalue weighted by Crippen LogP contribution is 2.52. The van der Waals surface area contributed by atoms with Crippen LogP contribution in [0.15, 0.2) is 24.3 Å². The molecule has 5 rings (SSSR count). The van der Waals surface area contributed by atoms with Gasteiger partial charge in [0.05, 0.1) is 6.04 Å². The van der Waals surface area contributed by atoms with E-state index in [-0.39, 0.29) is 23.3 Å². The van der Waals surface area contributed by atoms with Gasteiger partial charge < -0.3 is 10.2 Å². The highest BCUT2D eigenvalue weighted by Gasteiger charge is 2.47. The molecule has 1 aromatic rings. The van der Waals surface area contributed by atoms with Gasteiger partial charge in [0.1, 0.15) is 0 Å². The van der Waals surface area contributed by atoms with Crippen molar-refractivity contribution in [2.75, 3.05) is 19.6 Å². The standard InChI is InChI=1S/C25H36N2O/c1-17(2)24(28)26-23-15-25(22-6-4-3-5-21(22)23)9-11-27(12-10-25)16-20-14-18-7-8-19(20)13-18/h3-6,17-20,23H,7-16H2,1-2H3,(H,26,28)/t18-,19-,20+,23-/m0/s1. The van der Waals surface area contributed by atoms with E-state index in [0.717, 1.165) is 24.2 Å². The fourth-order valence-corrected chi connectivity index (χ4v) is 6.93. The lowest BCUT2D eigenvalue weighted by Gasteiger charge is -2.42. The minimum Gasteiger partial charge on any atom is -0.349 e. The van der Waals surface area contributed by atoms with Crippen molar-refractivity contribution in [1.82, 2.24) is 10.2 Å². The van der Waals surface area contributed by atoms with Crippen molar-refractivity contribution in [3.8, 4) is 0 Å². The number of hydrogen-bond acceptors (Lipinski definition) is 2. The molecule has 1 saturated heterocycles. The number of fused-ring (bicyclic) bond motifs is 4. The van der Waals surface area contributed by atoms with E-state index in [4.69, 9.17) is 0 Å². The molecule has 4 aliphatic rings.